The molecule has 0 radical (unpaired) electrons. The van der Waals surface area contributed by atoms with Crippen LogP contribution in [0.4, 0.5) is 0 Å². The van der Waals surface area contributed by atoms with Gasteiger partial charge in [-0.2, -0.15) is 0 Å². The van der Waals surface area contributed by atoms with E-state index in [0.717, 1.165) is 6.42 Å². The van der Waals surface area contributed by atoms with E-state index in [2.05, 4.69) is 4.74 Å². The first-order valence-corrected chi connectivity index (χ1v) is 5.23. The monoisotopic (exact) mass is 220 g/mol. The Morgan fingerprint density at radius 2 is 1.80 bits per heavy atom. The van der Waals surface area contributed by atoms with Gasteiger partial charge in [0.2, 0.25) is 0 Å². The van der Waals surface area contributed by atoms with E-state index in [1.807, 2.05) is 0 Å². The fourth-order valence-electron chi connectivity index (χ4n) is 0.890. The summed E-state index contributed by atoms with van der Waals surface area (Å²) in [4.78, 5) is 10.8. The van der Waals surface area contributed by atoms with E-state index >= 15 is 0 Å². The molecule has 0 saturated heterocycles. The van der Waals surface area contributed by atoms with Gasteiger partial charge in [0.05, 0.1) is 6.61 Å². The zero-order valence-corrected chi connectivity index (χ0v) is 9.24. The summed E-state index contributed by atoms with van der Waals surface area (Å²) in [6, 6.07) is 0. The van der Waals surface area contributed by atoms with Crippen molar-refractivity contribution in [1.82, 2.24) is 0 Å². The second kappa shape index (κ2) is 11.4. The highest BCUT2D eigenvalue weighted by Crippen LogP contribution is 1.88. The SMILES string of the molecule is CCOC(=O)COCCCOCCCO. The predicted molar refractivity (Wildman–Crippen MR) is 54.6 cm³/mol. The van der Waals surface area contributed by atoms with Crippen LogP contribution in [0, 0.1) is 0 Å². The van der Waals surface area contributed by atoms with Crippen LogP contribution in [0.2, 0.25) is 0 Å². The first kappa shape index (κ1) is 14.3. The molecular weight excluding hydrogens is 200 g/mol. The van der Waals surface area contributed by atoms with Crippen molar-refractivity contribution < 1.29 is 24.1 Å². The minimum absolute atomic E-state index is 0.00444. The van der Waals surface area contributed by atoms with E-state index in [1.165, 1.54) is 0 Å². The van der Waals surface area contributed by atoms with Gasteiger partial charge in [-0.15, -0.1) is 0 Å². The molecule has 0 aromatic heterocycles. The molecule has 0 amide bonds. The Morgan fingerprint density at radius 1 is 1.13 bits per heavy atom. The Bertz CT molecular complexity index is 149. The Kier molecular flexibility index (Phi) is 10.9. The van der Waals surface area contributed by atoms with Crippen molar-refractivity contribution in [2.24, 2.45) is 0 Å². The first-order chi connectivity index (χ1) is 7.31. The third-order valence-corrected chi connectivity index (χ3v) is 1.55. The van der Waals surface area contributed by atoms with Crippen LogP contribution >= 0.6 is 0 Å². The molecule has 5 nitrogen and oxygen atoms in total. The first-order valence-electron chi connectivity index (χ1n) is 5.23. The lowest BCUT2D eigenvalue weighted by Crippen LogP contribution is -2.13. The highest BCUT2D eigenvalue weighted by atomic mass is 16.6. The number of aliphatic hydroxyl groups is 1. The lowest BCUT2D eigenvalue weighted by Gasteiger charge is -2.04. The minimum Gasteiger partial charge on any atom is -0.464 e. The number of rotatable bonds is 10. The molecule has 0 atom stereocenters. The normalized spacial score (nSPS) is 10.3. The molecule has 0 heterocycles. The van der Waals surface area contributed by atoms with Gasteiger partial charge in [-0.1, -0.05) is 0 Å². The van der Waals surface area contributed by atoms with Crippen molar-refractivity contribution in [2.45, 2.75) is 19.8 Å². The number of ether oxygens (including phenoxy) is 3. The fraction of sp³-hybridized carbons (Fsp3) is 0.900. The Labute approximate surface area is 90.3 Å². The zero-order chi connectivity index (χ0) is 11.4. The Hall–Kier alpha value is -0.650. The molecule has 1 N–H and O–H groups in total. The van der Waals surface area contributed by atoms with E-state index in [4.69, 9.17) is 14.6 Å². The summed E-state index contributed by atoms with van der Waals surface area (Å²) in [5.41, 5.74) is 0. The van der Waals surface area contributed by atoms with Gasteiger partial charge in [-0.05, 0) is 19.8 Å². The maximum Gasteiger partial charge on any atom is 0.332 e. The molecule has 0 rings (SSSR count). The largest absolute Gasteiger partial charge is 0.464 e. The van der Waals surface area contributed by atoms with Crippen molar-refractivity contribution in [3.8, 4) is 0 Å². The molecule has 15 heavy (non-hydrogen) atoms. The maximum absolute atomic E-state index is 10.8. The molecule has 0 fully saturated rings. The molecule has 5 heteroatoms. The third-order valence-electron chi connectivity index (χ3n) is 1.55. The quantitative estimate of drug-likeness (QED) is 0.425. The van der Waals surface area contributed by atoms with Gasteiger partial charge >= 0.3 is 5.97 Å². The van der Waals surface area contributed by atoms with E-state index < -0.39 is 0 Å². The van der Waals surface area contributed by atoms with E-state index in [0.29, 0.717) is 32.8 Å². The van der Waals surface area contributed by atoms with Crippen LogP contribution in [-0.4, -0.2) is 50.7 Å². The number of aliphatic hydroxyl groups excluding tert-OH is 1. The van der Waals surface area contributed by atoms with Crippen molar-refractivity contribution in [1.29, 1.82) is 0 Å². The fourth-order valence-corrected chi connectivity index (χ4v) is 0.890. The molecule has 0 aliphatic heterocycles. The molecular formula is C10H20O5. The van der Waals surface area contributed by atoms with E-state index in [-0.39, 0.29) is 19.2 Å². The summed E-state index contributed by atoms with van der Waals surface area (Å²) in [5, 5.41) is 8.46. The second-order valence-electron chi connectivity index (χ2n) is 2.90. The van der Waals surface area contributed by atoms with Crippen molar-refractivity contribution >= 4 is 5.97 Å². The Balaban J connectivity index is 3.01. The van der Waals surface area contributed by atoms with Gasteiger partial charge in [-0.3, -0.25) is 0 Å². The molecule has 0 aliphatic carbocycles. The lowest BCUT2D eigenvalue weighted by atomic mass is 10.4. The average Bonchev–Trinajstić information content (AvgIpc) is 2.22. The number of hydrogen-bond donors (Lipinski definition) is 1. The molecule has 0 aromatic rings. The van der Waals surface area contributed by atoms with Crippen molar-refractivity contribution in [3.05, 3.63) is 0 Å². The smallest absolute Gasteiger partial charge is 0.332 e. The van der Waals surface area contributed by atoms with Crippen LogP contribution in [0.5, 0.6) is 0 Å². The minimum atomic E-state index is -0.335. The van der Waals surface area contributed by atoms with Gasteiger partial charge in [0.1, 0.15) is 6.61 Å². The van der Waals surface area contributed by atoms with Gasteiger partial charge in [0.15, 0.2) is 0 Å². The summed E-state index contributed by atoms with van der Waals surface area (Å²) in [6.07, 6.45) is 1.40. The average molecular weight is 220 g/mol. The number of esters is 1. The van der Waals surface area contributed by atoms with E-state index in [9.17, 15) is 4.79 Å². The second-order valence-corrected chi connectivity index (χ2v) is 2.90. The standard InChI is InChI=1S/C10H20O5/c1-2-15-10(12)9-14-8-4-7-13-6-3-5-11/h11H,2-9H2,1H3. The molecule has 0 spiro atoms. The molecule has 90 valence electrons. The van der Waals surface area contributed by atoms with Crippen LogP contribution in [0.25, 0.3) is 0 Å². The molecule has 0 bridgehead atoms. The van der Waals surface area contributed by atoms with Crippen molar-refractivity contribution in [2.75, 3.05) is 39.6 Å². The summed E-state index contributed by atoms with van der Waals surface area (Å²) in [7, 11) is 0. The number of carbonyl (C=O) groups is 1. The van der Waals surface area contributed by atoms with Crippen LogP contribution in [0.15, 0.2) is 0 Å². The summed E-state index contributed by atoms with van der Waals surface area (Å²) < 4.78 is 14.9. The van der Waals surface area contributed by atoms with Gasteiger partial charge < -0.3 is 19.3 Å². The van der Waals surface area contributed by atoms with Gasteiger partial charge in [0, 0.05) is 26.4 Å². The number of carbonyl (C=O) groups excluding carboxylic acids is 1. The summed E-state index contributed by atoms with van der Waals surface area (Å²) in [6.45, 7) is 3.93. The van der Waals surface area contributed by atoms with Gasteiger partial charge in [-0.25, -0.2) is 4.79 Å². The zero-order valence-electron chi connectivity index (χ0n) is 9.24. The topological polar surface area (TPSA) is 65.0 Å². The highest BCUT2D eigenvalue weighted by molar-refractivity contribution is 5.70. The van der Waals surface area contributed by atoms with E-state index in [1.54, 1.807) is 6.92 Å². The van der Waals surface area contributed by atoms with Crippen LogP contribution in [0.3, 0.4) is 0 Å². The summed E-state index contributed by atoms with van der Waals surface area (Å²) in [5.74, 6) is -0.335. The predicted octanol–water partition coefficient (Wildman–Crippen LogP) is 0.355. The van der Waals surface area contributed by atoms with Crippen LogP contribution in [-0.2, 0) is 19.0 Å². The molecule has 0 saturated carbocycles. The van der Waals surface area contributed by atoms with Crippen LogP contribution < -0.4 is 0 Å². The molecule has 0 unspecified atom stereocenters. The summed E-state index contributed by atoms with van der Waals surface area (Å²) >= 11 is 0. The van der Waals surface area contributed by atoms with Crippen LogP contribution in [0.1, 0.15) is 19.8 Å². The highest BCUT2D eigenvalue weighted by Gasteiger charge is 2.00. The van der Waals surface area contributed by atoms with Gasteiger partial charge in [0.25, 0.3) is 0 Å². The molecule has 0 aliphatic rings. The third kappa shape index (κ3) is 11.3. The Morgan fingerprint density at radius 3 is 2.47 bits per heavy atom. The maximum atomic E-state index is 10.8. The molecule has 0 aromatic carbocycles. The number of hydrogen-bond acceptors (Lipinski definition) is 5. The lowest BCUT2D eigenvalue weighted by molar-refractivity contribution is -0.148. The van der Waals surface area contributed by atoms with Crippen molar-refractivity contribution in [3.63, 3.8) is 0 Å².